The van der Waals surface area contributed by atoms with Crippen molar-refractivity contribution in [1.82, 2.24) is 0 Å². The first kappa shape index (κ1) is 9.45. The molecule has 0 aromatic rings. The maximum Gasteiger partial charge on any atom is 0.302 e. The average Bonchev–Trinajstić information content (AvgIpc) is 1.98. The van der Waals surface area contributed by atoms with Gasteiger partial charge in [-0.1, -0.05) is 0 Å². The smallest absolute Gasteiger partial charge is 0.302 e. The minimum Gasteiger partial charge on any atom is -0.466 e. The first-order valence-electron chi connectivity index (χ1n) is 3.13. The highest BCUT2D eigenvalue weighted by Crippen LogP contribution is 1.98. The average molecular weight is 152 g/mol. The molecule has 0 rings (SSSR count). The van der Waals surface area contributed by atoms with E-state index >= 15 is 0 Å². The highest BCUT2D eigenvalue weighted by molar-refractivity contribution is 5.65. The summed E-state index contributed by atoms with van der Waals surface area (Å²) in [5.74, 6) is -1.06. The lowest BCUT2D eigenvalue weighted by atomic mass is 10.1. The maximum absolute atomic E-state index is 10.2. The van der Waals surface area contributed by atoms with Crippen LogP contribution in [0.5, 0.6) is 0 Å². The minimum atomic E-state index is -0.672. The van der Waals surface area contributed by atoms with Crippen LogP contribution in [-0.2, 0) is 9.53 Å². The van der Waals surface area contributed by atoms with Crippen molar-refractivity contribution < 1.29 is 9.53 Å². The van der Waals surface area contributed by atoms with E-state index in [-0.39, 0.29) is 19.0 Å². The van der Waals surface area contributed by atoms with Crippen molar-refractivity contribution in [2.75, 3.05) is 6.61 Å². The van der Waals surface area contributed by atoms with Crippen LogP contribution in [0.2, 0.25) is 0 Å². The first-order valence-corrected chi connectivity index (χ1v) is 3.13. The number of ether oxygens (including phenoxy) is 1. The van der Waals surface area contributed by atoms with E-state index in [1.165, 1.54) is 6.92 Å². The molecule has 0 bridgehead atoms. The van der Waals surface area contributed by atoms with Gasteiger partial charge in [0.1, 0.15) is 5.92 Å². The Balaban J connectivity index is 3.48. The molecule has 0 aromatic heterocycles. The number of hydrogen-bond acceptors (Lipinski definition) is 4. The zero-order valence-electron chi connectivity index (χ0n) is 6.20. The van der Waals surface area contributed by atoms with Crippen LogP contribution in [0.15, 0.2) is 0 Å². The molecule has 4 nitrogen and oxygen atoms in total. The van der Waals surface area contributed by atoms with Gasteiger partial charge in [-0.25, -0.2) is 0 Å². The zero-order valence-corrected chi connectivity index (χ0v) is 6.20. The van der Waals surface area contributed by atoms with Crippen molar-refractivity contribution in [2.45, 2.75) is 13.3 Å². The Kier molecular flexibility index (Phi) is 4.51. The van der Waals surface area contributed by atoms with E-state index in [2.05, 4.69) is 4.74 Å². The maximum atomic E-state index is 10.2. The first-order chi connectivity index (χ1) is 5.20. The summed E-state index contributed by atoms with van der Waals surface area (Å²) in [6.07, 6.45) is 0.284. The van der Waals surface area contributed by atoms with Gasteiger partial charge in [-0.05, 0) is 0 Å². The van der Waals surface area contributed by atoms with Crippen molar-refractivity contribution in [1.29, 1.82) is 10.5 Å². The molecule has 11 heavy (non-hydrogen) atoms. The molecule has 0 aliphatic heterocycles. The third kappa shape index (κ3) is 4.92. The number of carbonyl (C=O) groups is 1. The molecule has 0 saturated heterocycles. The van der Waals surface area contributed by atoms with E-state index in [0.29, 0.717) is 0 Å². The summed E-state index contributed by atoms with van der Waals surface area (Å²) in [6, 6.07) is 3.55. The summed E-state index contributed by atoms with van der Waals surface area (Å²) in [7, 11) is 0. The molecule has 0 aliphatic carbocycles. The Morgan fingerprint density at radius 3 is 2.45 bits per heavy atom. The quantitative estimate of drug-likeness (QED) is 0.555. The fourth-order valence-corrected chi connectivity index (χ4v) is 0.478. The lowest BCUT2D eigenvalue weighted by Gasteiger charge is -1.99. The molecular formula is C7H8N2O2. The summed E-state index contributed by atoms with van der Waals surface area (Å²) in [6.45, 7) is 1.43. The van der Waals surface area contributed by atoms with Gasteiger partial charge in [-0.2, -0.15) is 10.5 Å². The minimum absolute atomic E-state index is 0.140. The molecule has 0 aliphatic rings. The Morgan fingerprint density at radius 2 is 2.09 bits per heavy atom. The van der Waals surface area contributed by atoms with Crippen molar-refractivity contribution >= 4 is 5.97 Å². The third-order valence-electron chi connectivity index (χ3n) is 1.02. The predicted molar refractivity (Wildman–Crippen MR) is 36.0 cm³/mol. The molecule has 58 valence electrons. The van der Waals surface area contributed by atoms with Gasteiger partial charge in [0.15, 0.2) is 0 Å². The summed E-state index contributed by atoms with van der Waals surface area (Å²) in [5.41, 5.74) is 0. The van der Waals surface area contributed by atoms with Gasteiger partial charge in [0, 0.05) is 13.3 Å². The van der Waals surface area contributed by atoms with Crippen LogP contribution >= 0.6 is 0 Å². The van der Waals surface area contributed by atoms with Gasteiger partial charge in [-0.3, -0.25) is 4.79 Å². The Labute approximate surface area is 65.0 Å². The number of nitriles is 2. The van der Waals surface area contributed by atoms with Crippen molar-refractivity contribution in [3.05, 3.63) is 0 Å². The molecule has 0 heterocycles. The molecule has 0 aromatic carbocycles. The third-order valence-corrected chi connectivity index (χ3v) is 1.02. The normalized spacial score (nSPS) is 8.36. The molecule has 0 N–H and O–H groups in total. The zero-order chi connectivity index (χ0) is 8.69. The molecule has 0 amide bonds. The van der Waals surface area contributed by atoms with Crippen LogP contribution in [0.1, 0.15) is 13.3 Å². The Hall–Kier alpha value is -1.55. The molecule has 0 radical (unpaired) electrons. The molecule has 4 heteroatoms. The molecular weight excluding hydrogens is 144 g/mol. The SMILES string of the molecule is CC(=O)OCCC(C#N)C#N. The number of rotatable bonds is 3. The number of nitrogens with zero attached hydrogens (tertiary/aromatic N) is 2. The molecule has 0 saturated carbocycles. The molecule has 0 atom stereocenters. The van der Waals surface area contributed by atoms with Crippen molar-refractivity contribution in [3.8, 4) is 12.1 Å². The number of carbonyl (C=O) groups excluding carboxylic acids is 1. The summed E-state index contributed by atoms with van der Waals surface area (Å²) < 4.78 is 4.53. The monoisotopic (exact) mass is 152 g/mol. The van der Waals surface area contributed by atoms with Gasteiger partial charge in [0.05, 0.1) is 18.7 Å². The second-order valence-corrected chi connectivity index (χ2v) is 1.94. The Bertz CT molecular complexity index is 197. The predicted octanol–water partition coefficient (Wildman–Crippen LogP) is 0.603. The van der Waals surface area contributed by atoms with E-state index in [1.54, 1.807) is 12.1 Å². The van der Waals surface area contributed by atoms with Gasteiger partial charge in [-0.15, -0.1) is 0 Å². The molecule has 0 unspecified atom stereocenters. The van der Waals surface area contributed by atoms with E-state index in [1.807, 2.05) is 0 Å². The van der Waals surface area contributed by atoms with Gasteiger partial charge in [0.2, 0.25) is 0 Å². The fourth-order valence-electron chi connectivity index (χ4n) is 0.478. The highest BCUT2D eigenvalue weighted by Gasteiger charge is 2.04. The second kappa shape index (κ2) is 5.25. The summed E-state index contributed by atoms with van der Waals surface area (Å²) in [4.78, 5) is 10.2. The van der Waals surface area contributed by atoms with Crippen molar-refractivity contribution in [3.63, 3.8) is 0 Å². The summed E-state index contributed by atoms with van der Waals surface area (Å²) in [5, 5.41) is 16.6. The van der Waals surface area contributed by atoms with Crippen LogP contribution in [0.3, 0.4) is 0 Å². The van der Waals surface area contributed by atoms with Crippen LogP contribution in [0, 0.1) is 28.6 Å². The van der Waals surface area contributed by atoms with Crippen LogP contribution in [0.4, 0.5) is 0 Å². The van der Waals surface area contributed by atoms with Crippen LogP contribution < -0.4 is 0 Å². The Morgan fingerprint density at radius 1 is 1.55 bits per heavy atom. The van der Waals surface area contributed by atoms with E-state index in [0.717, 1.165) is 0 Å². The number of hydrogen-bond donors (Lipinski definition) is 0. The van der Waals surface area contributed by atoms with Crippen LogP contribution in [-0.4, -0.2) is 12.6 Å². The topological polar surface area (TPSA) is 73.9 Å². The number of esters is 1. The molecule has 0 fully saturated rings. The van der Waals surface area contributed by atoms with Gasteiger partial charge >= 0.3 is 5.97 Å². The highest BCUT2D eigenvalue weighted by atomic mass is 16.5. The largest absolute Gasteiger partial charge is 0.466 e. The van der Waals surface area contributed by atoms with E-state index in [9.17, 15) is 4.79 Å². The van der Waals surface area contributed by atoms with Gasteiger partial charge < -0.3 is 4.74 Å². The van der Waals surface area contributed by atoms with Crippen molar-refractivity contribution in [2.24, 2.45) is 5.92 Å². The second-order valence-electron chi connectivity index (χ2n) is 1.94. The van der Waals surface area contributed by atoms with Gasteiger partial charge in [0.25, 0.3) is 0 Å². The summed E-state index contributed by atoms with van der Waals surface area (Å²) >= 11 is 0. The lowest BCUT2D eigenvalue weighted by Crippen LogP contribution is -2.04. The van der Waals surface area contributed by atoms with E-state index in [4.69, 9.17) is 10.5 Å². The molecule has 0 spiro atoms. The standard InChI is InChI=1S/C7H8N2O2/c1-6(10)11-3-2-7(4-8)5-9/h7H,2-3H2,1H3. The lowest BCUT2D eigenvalue weighted by molar-refractivity contribution is -0.141. The fraction of sp³-hybridized carbons (Fsp3) is 0.571. The van der Waals surface area contributed by atoms with Crippen LogP contribution in [0.25, 0.3) is 0 Å². The van der Waals surface area contributed by atoms with E-state index < -0.39 is 5.92 Å².